The molecule has 2 nitrogen and oxygen atoms in total. The number of hydrogen-bond acceptors (Lipinski definition) is 2. The highest BCUT2D eigenvalue weighted by Crippen LogP contribution is 2.14. The van der Waals surface area contributed by atoms with Gasteiger partial charge in [0.05, 0.1) is 12.2 Å². The molecule has 88 valence electrons. The molecule has 0 aliphatic carbocycles. The molecule has 0 aliphatic heterocycles. The molecule has 0 bridgehead atoms. The highest BCUT2D eigenvalue weighted by atomic mass is 79.9. The number of ether oxygens (including phenoxy) is 1. The van der Waals surface area contributed by atoms with E-state index in [2.05, 4.69) is 15.9 Å². The fourth-order valence-corrected chi connectivity index (χ4v) is 1.86. The quantitative estimate of drug-likeness (QED) is 0.611. The fraction of sp³-hybridized carbons (Fsp3) is 0.462. The van der Waals surface area contributed by atoms with Crippen LogP contribution in [0.3, 0.4) is 0 Å². The number of esters is 1. The van der Waals surface area contributed by atoms with Crippen LogP contribution >= 0.6 is 15.9 Å². The largest absolute Gasteiger partial charge is 0.462 e. The van der Waals surface area contributed by atoms with E-state index in [4.69, 9.17) is 4.74 Å². The summed E-state index contributed by atoms with van der Waals surface area (Å²) in [6.45, 7) is 4.27. The predicted molar refractivity (Wildman–Crippen MR) is 69.3 cm³/mol. The Morgan fingerprint density at radius 2 is 2.19 bits per heavy atom. The van der Waals surface area contributed by atoms with E-state index in [1.807, 2.05) is 32.0 Å². The van der Waals surface area contributed by atoms with E-state index in [-0.39, 0.29) is 5.97 Å². The Morgan fingerprint density at radius 3 is 2.75 bits per heavy atom. The molecule has 1 rings (SSSR count). The van der Waals surface area contributed by atoms with Crippen LogP contribution in [0.1, 0.15) is 34.8 Å². The second kappa shape index (κ2) is 6.69. The molecule has 0 amide bonds. The summed E-state index contributed by atoms with van der Waals surface area (Å²) < 4.78 is 4.96. The zero-order chi connectivity index (χ0) is 12.0. The topological polar surface area (TPSA) is 26.3 Å². The Hall–Kier alpha value is -0.830. The van der Waals surface area contributed by atoms with Gasteiger partial charge >= 0.3 is 5.97 Å². The minimum absolute atomic E-state index is 0.238. The Morgan fingerprint density at radius 1 is 1.44 bits per heavy atom. The van der Waals surface area contributed by atoms with E-state index < -0.39 is 0 Å². The molecule has 16 heavy (non-hydrogen) atoms. The first-order valence-corrected chi connectivity index (χ1v) is 6.63. The summed E-state index contributed by atoms with van der Waals surface area (Å²) in [7, 11) is 0. The molecule has 0 radical (unpaired) electrons. The molecule has 0 heterocycles. The zero-order valence-electron chi connectivity index (χ0n) is 9.75. The van der Waals surface area contributed by atoms with Crippen LogP contribution in [0.15, 0.2) is 18.2 Å². The average molecular weight is 285 g/mol. The van der Waals surface area contributed by atoms with Gasteiger partial charge in [-0.1, -0.05) is 22.0 Å². The molecule has 0 saturated carbocycles. The van der Waals surface area contributed by atoms with Crippen LogP contribution < -0.4 is 0 Å². The van der Waals surface area contributed by atoms with E-state index >= 15 is 0 Å². The fourth-order valence-electron chi connectivity index (χ4n) is 1.58. The van der Waals surface area contributed by atoms with Gasteiger partial charge in [0.1, 0.15) is 0 Å². The normalized spacial score (nSPS) is 10.2. The lowest BCUT2D eigenvalue weighted by atomic mass is 10.0. The van der Waals surface area contributed by atoms with Gasteiger partial charge in [0, 0.05) is 5.33 Å². The van der Waals surface area contributed by atoms with Crippen molar-refractivity contribution in [2.45, 2.75) is 26.7 Å². The van der Waals surface area contributed by atoms with Gasteiger partial charge in [-0.05, 0) is 49.9 Å². The van der Waals surface area contributed by atoms with Gasteiger partial charge in [-0.2, -0.15) is 0 Å². The lowest BCUT2D eigenvalue weighted by Gasteiger charge is -2.07. The van der Waals surface area contributed by atoms with Crippen LogP contribution in [0.25, 0.3) is 0 Å². The lowest BCUT2D eigenvalue weighted by Crippen LogP contribution is -2.05. The Labute approximate surface area is 105 Å². The van der Waals surface area contributed by atoms with E-state index in [0.717, 1.165) is 23.7 Å². The van der Waals surface area contributed by atoms with Crippen molar-refractivity contribution < 1.29 is 9.53 Å². The number of carbonyl (C=O) groups excluding carboxylic acids is 1. The molecular formula is C13H17BrO2. The lowest BCUT2D eigenvalue weighted by molar-refractivity contribution is 0.0526. The molecule has 0 unspecified atom stereocenters. The third kappa shape index (κ3) is 3.63. The summed E-state index contributed by atoms with van der Waals surface area (Å²) in [5, 5.41) is 1.01. The summed E-state index contributed by atoms with van der Waals surface area (Å²) in [4.78, 5) is 11.5. The maximum atomic E-state index is 11.5. The van der Waals surface area contributed by atoms with Crippen molar-refractivity contribution in [3.63, 3.8) is 0 Å². The Bertz CT molecular complexity index is 361. The molecule has 0 N–H and O–H groups in total. The van der Waals surface area contributed by atoms with Crippen LogP contribution in [0.4, 0.5) is 0 Å². The number of alkyl halides is 1. The van der Waals surface area contributed by atoms with Gasteiger partial charge in [-0.15, -0.1) is 0 Å². The maximum absolute atomic E-state index is 11.5. The maximum Gasteiger partial charge on any atom is 0.338 e. The van der Waals surface area contributed by atoms with Crippen LogP contribution in [-0.2, 0) is 11.2 Å². The molecule has 0 saturated heterocycles. The first-order chi connectivity index (χ1) is 7.69. The van der Waals surface area contributed by atoms with Crippen molar-refractivity contribution in [1.82, 2.24) is 0 Å². The van der Waals surface area contributed by atoms with E-state index in [0.29, 0.717) is 12.2 Å². The predicted octanol–water partition coefficient (Wildman–Crippen LogP) is 3.50. The monoisotopic (exact) mass is 284 g/mol. The minimum Gasteiger partial charge on any atom is -0.462 e. The number of carbonyl (C=O) groups is 1. The van der Waals surface area contributed by atoms with Crippen LogP contribution in [0, 0.1) is 6.92 Å². The third-order valence-corrected chi connectivity index (χ3v) is 2.99. The summed E-state index contributed by atoms with van der Waals surface area (Å²) in [6, 6.07) is 5.76. The molecule has 0 spiro atoms. The Kier molecular flexibility index (Phi) is 5.53. The summed E-state index contributed by atoms with van der Waals surface area (Å²) >= 11 is 3.42. The second-order valence-electron chi connectivity index (χ2n) is 3.65. The van der Waals surface area contributed by atoms with E-state index in [1.54, 1.807) is 0 Å². The standard InChI is InChI=1S/C13H17BrO2/c1-3-16-13(15)12-7-6-11(5-4-8-14)10(2)9-12/h6-7,9H,3-5,8H2,1-2H3. The van der Waals surface area contributed by atoms with Crippen molar-refractivity contribution >= 4 is 21.9 Å². The van der Waals surface area contributed by atoms with Crippen molar-refractivity contribution in [3.8, 4) is 0 Å². The molecule has 0 aliphatic rings. The Balaban J connectivity index is 2.78. The molecule has 0 aromatic heterocycles. The number of benzene rings is 1. The van der Waals surface area contributed by atoms with Crippen LogP contribution in [0.2, 0.25) is 0 Å². The second-order valence-corrected chi connectivity index (χ2v) is 4.45. The molecule has 1 aromatic rings. The number of halogens is 1. The number of aryl methyl sites for hydroxylation is 2. The molecule has 0 fully saturated rings. The van der Waals surface area contributed by atoms with Crippen LogP contribution in [0.5, 0.6) is 0 Å². The summed E-state index contributed by atoms with van der Waals surface area (Å²) in [5.41, 5.74) is 3.10. The van der Waals surface area contributed by atoms with Gasteiger partial charge in [0.25, 0.3) is 0 Å². The van der Waals surface area contributed by atoms with Gasteiger partial charge in [0.15, 0.2) is 0 Å². The van der Waals surface area contributed by atoms with Crippen molar-refractivity contribution in [2.75, 3.05) is 11.9 Å². The first-order valence-electron chi connectivity index (χ1n) is 5.51. The van der Waals surface area contributed by atoms with Crippen LogP contribution in [-0.4, -0.2) is 17.9 Å². The molecule has 0 atom stereocenters. The molecule has 1 aromatic carbocycles. The SMILES string of the molecule is CCOC(=O)c1ccc(CCCBr)c(C)c1. The molecule has 3 heteroatoms. The summed E-state index contributed by atoms with van der Waals surface area (Å²) in [5.74, 6) is -0.238. The smallest absolute Gasteiger partial charge is 0.338 e. The minimum atomic E-state index is -0.238. The van der Waals surface area contributed by atoms with Crippen molar-refractivity contribution in [3.05, 3.63) is 34.9 Å². The van der Waals surface area contributed by atoms with E-state index in [1.165, 1.54) is 5.56 Å². The number of hydrogen-bond donors (Lipinski definition) is 0. The van der Waals surface area contributed by atoms with Crippen molar-refractivity contribution in [1.29, 1.82) is 0 Å². The highest BCUT2D eigenvalue weighted by molar-refractivity contribution is 9.09. The first kappa shape index (κ1) is 13.2. The van der Waals surface area contributed by atoms with Gasteiger partial charge in [0.2, 0.25) is 0 Å². The van der Waals surface area contributed by atoms with Gasteiger partial charge in [-0.25, -0.2) is 4.79 Å². The van der Waals surface area contributed by atoms with Crippen molar-refractivity contribution in [2.24, 2.45) is 0 Å². The zero-order valence-corrected chi connectivity index (χ0v) is 11.3. The highest BCUT2D eigenvalue weighted by Gasteiger charge is 2.07. The molecular weight excluding hydrogens is 268 g/mol. The third-order valence-electron chi connectivity index (χ3n) is 2.43. The average Bonchev–Trinajstić information content (AvgIpc) is 2.27. The van der Waals surface area contributed by atoms with Gasteiger partial charge < -0.3 is 4.74 Å². The van der Waals surface area contributed by atoms with Gasteiger partial charge in [-0.3, -0.25) is 0 Å². The summed E-state index contributed by atoms with van der Waals surface area (Å²) in [6.07, 6.45) is 2.15. The van der Waals surface area contributed by atoms with E-state index in [9.17, 15) is 4.79 Å². The number of rotatable bonds is 5.